The highest BCUT2D eigenvalue weighted by atomic mass is 19.4. The van der Waals surface area contributed by atoms with E-state index in [9.17, 15) is 22.8 Å². The van der Waals surface area contributed by atoms with Crippen LogP contribution in [0.5, 0.6) is 11.6 Å². The number of carboxylic acids is 1. The first-order valence-corrected chi connectivity index (χ1v) is 8.19. The first kappa shape index (κ1) is 19.6. The van der Waals surface area contributed by atoms with Crippen LogP contribution in [0, 0.1) is 0 Å². The molecule has 1 aromatic heterocycles. The zero-order valence-corrected chi connectivity index (χ0v) is 14.3. The highest BCUT2D eigenvalue weighted by molar-refractivity contribution is 5.94. The van der Waals surface area contributed by atoms with Crippen molar-refractivity contribution in [2.24, 2.45) is 0 Å². The number of ether oxygens (including phenoxy) is 2. The summed E-state index contributed by atoms with van der Waals surface area (Å²) >= 11 is 0. The third-order valence-corrected chi connectivity index (χ3v) is 4.02. The Labute approximate surface area is 157 Å². The highest BCUT2D eigenvalue weighted by Crippen LogP contribution is 2.30. The van der Waals surface area contributed by atoms with Crippen molar-refractivity contribution in [1.82, 2.24) is 9.88 Å². The van der Waals surface area contributed by atoms with E-state index in [4.69, 9.17) is 14.6 Å². The second-order valence-electron chi connectivity index (χ2n) is 5.96. The quantitative estimate of drug-likeness (QED) is 0.855. The van der Waals surface area contributed by atoms with Gasteiger partial charge < -0.3 is 19.5 Å². The number of carbonyl (C=O) groups is 2. The number of nitrogens with zero attached hydrogens (tertiary/aromatic N) is 2. The van der Waals surface area contributed by atoms with Gasteiger partial charge in [0.15, 0.2) is 6.10 Å². The SMILES string of the molecule is O=C(O)C1CN(C(=O)c2ccc(Oc3ccc(C(F)(F)F)cn3)cc2)CCO1. The minimum Gasteiger partial charge on any atom is -0.479 e. The fourth-order valence-electron chi connectivity index (χ4n) is 2.56. The van der Waals surface area contributed by atoms with Crippen LogP contribution in [-0.4, -0.2) is 52.7 Å². The Kier molecular flexibility index (Phi) is 5.50. The van der Waals surface area contributed by atoms with Crippen LogP contribution in [0.25, 0.3) is 0 Å². The lowest BCUT2D eigenvalue weighted by Gasteiger charge is -2.30. The van der Waals surface area contributed by atoms with Crippen LogP contribution in [0.4, 0.5) is 13.2 Å². The van der Waals surface area contributed by atoms with E-state index in [1.54, 1.807) is 0 Å². The maximum absolute atomic E-state index is 12.5. The molecule has 10 heteroatoms. The number of halogens is 3. The smallest absolute Gasteiger partial charge is 0.417 e. The number of carbonyl (C=O) groups excluding carboxylic acids is 1. The molecule has 0 radical (unpaired) electrons. The molecule has 1 amide bonds. The van der Waals surface area contributed by atoms with Crippen LogP contribution in [0.15, 0.2) is 42.6 Å². The van der Waals surface area contributed by atoms with Crippen LogP contribution in [0.1, 0.15) is 15.9 Å². The maximum atomic E-state index is 12.5. The molecule has 1 aliphatic heterocycles. The lowest BCUT2D eigenvalue weighted by atomic mass is 10.1. The number of hydrogen-bond donors (Lipinski definition) is 1. The van der Waals surface area contributed by atoms with Crippen LogP contribution in [0.3, 0.4) is 0 Å². The van der Waals surface area contributed by atoms with Gasteiger partial charge in [-0.25, -0.2) is 9.78 Å². The molecule has 1 atom stereocenters. The number of alkyl halides is 3. The number of carboxylic acid groups (broad SMARTS) is 1. The van der Waals surface area contributed by atoms with Gasteiger partial charge in [0.05, 0.1) is 18.7 Å². The van der Waals surface area contributed by atoms with E-state index in [0.717, 1.165) is 12.1 Å². The molecular weight excluding hydrogens is 381 g/mol. The molecule has 0 bridgehead atoms. The first-order valence-electron chi connectivity index (χ1n) is 8.19. The van der Waals surface area contributed by atoms with Gasteiger partial charge in [-0.2, -0.15) is 13.2 Å². The van der Waals surface area contributed by atoms with Crippen LogP contribution >= 0.6 is 0 Å². The fraction of sp³-hybridized carbons (Fsp3) is 0.278. The van der Waals surface area contributed by atoms with Crippen molar-refractivity contribution < 1.29 is 37.3 Å². The highest BCUT2D eigenvalue weighted by Gasteiger charge is 2.31. The maximum Gasteiger partial charge on any atom is 0.417 e. The second kappa shape index (κ2) is 7.85. The summed E-state index contributed by atoms with van der Waals surface area (Å²) in [5.41, 5.74) is -0.565. The number of aromatic nitrogens is 1. The molecule has 1 fully saturated rings. The number of rotatable bonds is 4. The molecule has 2 heterocycles. The Morgan fingerprint density at radius 2 is 1.89 bits per heavy atom. The molecule has 2 aromatic rings. The van der Waals surface area contributed by atoms with Gasteiger partial charge in [-0.15, -0.1) is 0 Å². The zero-order valence-electron chi connectivity index (χ0n) is 14.3. The Hall–Kier alpha value is -3.14. The number of pyridine rings is 1. The van der Waals surface area contributed by atoms with Crippen LogP contribution < -0.4 is 4.74 Å². The average Bonchev–Trinajstić information content (AvgIpc) is 2.68. The third kappa shape index (κ3) is 4.58. The molecular formula is C18H15F3N2O5. The van der Waals surface area contributed by atoms with E-state index in [1.165, 1.54) is 29.2 Å². The fourth-order valence-corrected chi connectivity index (χ4v) is 2.56. The van der Waals surface area contributed by atoms with Crippen molar-refractivity contribution in [3.63, 3.8) is 0 Å². The second-order valence-corrected chi connectivity index (χ2v) is 5.96. The predicted molar refractivity (Wildman–Crippen MR) is 89.0 cm³/mol. The molecule has 1 aromatic carbocycles. The molecule has 7 nitrogen and oxygen atoms in total. The van der Waals surface area contributed by atoms with Crippen LogP contribution in [0.2, 0.25) is 0 Å². The van der Waals surface area contributed by atoms with Gasteiger partial charge in [-0.3, -0.25) is 4.79 Å². The average molecular weight is 396 g/mol. The number of morpholine rings is 1. The Morgan fingerprint density at radius 1 is 1.18 bits per heavy atom. The summed E-state index contributed by atoms with van der Waals surface area (Å²) in [7, 11) is 0. The third-order valence-electron chi connectivity index (χ3n) is 4.02. The number of amides is 1. The molecule has 0 saturated carbocycles. The zero-order chi connectivity index (χ0) is 20.3. The molecule has 3 rings (SSSR count). The van der Waals surface area contributed by atoms with Crippen molar-refractivity contribution in [2.75, 3.05) is 19.7 Å². The van der Waals surface area contributed by atoms with Gasteiger partial charge in [-0.05, 0) is 30.3 Å². The largest absolute Gasteiger partial charge is 0.479 e. The molecule has 0 spiro atoms. The van der Waals surface area contributed by atoms with E-state index in [-0.39, 0.29) is 37.2 Å². The summed E-state index contributed by atoms with van der Waals surface area (Å²) < 4.78 is 48.0. The van der Waals surface area contributed by atoms with Crippen molar-refractivity contribution in [3.8, 4) is 11.6 Å². The molecule has 1 aliphatic rings. The van der Waals surface area contributed by atoms with E-state index in [2.05, 4.69) is 4.98 Å². The molecule has 0 aliphatic carbocycles. The van der Waals surface area contributed by atoms with Crippen molar-refractivity contribution in [1.29, 1.82) is 0 Å². The van der Waals surface area contributed by atoms with Crippen molar-refractivity contribution >= 4 is 11.9 Å². The minimum atomic E-state index is -4.48. The normalized spacial score (nSPS) is 17.2. The molecule has 148 valence electrons. The van der Waals surface area contributed by atoms with Crippen molar-refractivity contribution in [3.05, 3.63) is 53.7 Å². The van der Waals surface area contributed by atoms with Gasteiger partial charge >= 0.3 is 12.1 Å². The van der Waals surface area contributed by atoms with E-state index in [1.807, 2.05) is 0 Å². The summed E-state index contributed by atoms with van der Waals surface area (Å²) in [6.45, 7) is 0.349. The monoisotopic (exact) mass is 396 g/mol. The molecule has 1 N–H and O–H groups in total. The lowest BCUT2D eigenvalue weighted by Crippen LogP contribution is -2.48. The van der Waals surface area contributed by atoms with Gasteiger partial charge in [0, 0.05) is 24.4 Å². The minimum absolute atomic E-state index is 0.0236. The van der Waals surface area contributed by atoms with Gasteiger partial charge in [0.2, 0.25) is 5.88 Å². The molecule has 1 unspecified atom stereocenters. The van der Waals surface area contributed by atoms with E-state index in [0.29, 0.717) is 11.8 Å². The molecule has 28 heavy (non-hydrogen) atoms. The number of aliphatic carboxylic acids is 1. The lowest BCUT2D eigenvalue weighted by molar-refractivity contribution is -0.154. The Bertz CT molecular complexity index is 853. The van der Waals surface area contributed by atoms with Gasteiger partial charge in [-0.1, -0.05) is 0 Å². The van der Waals surface area contributed by atoms with E-state index >= 15 is 0 Å². The topological polar surface area (TPSA) is 89.0 Å². The summed E-state index contributed by atoms with van der Waals surface area (Å²) in [6.07, 6.45) is -4.87. The van der Waals surface area contributed by atoms with Crippen LogP contribution in [-0.2, 0) is 15.7 Å². The molecule has 1 saturated heterocycles. The Morgan fingerprint density at radius 3 is 2.46 bits per heavy atom. The number of benzene rings is 1. The summed E-state index contributed by atoms with van der Waals surface area (Å²) in [6, 6.07) is 7.86. The van der Waals surface area contributed by atoms with Gasteiger partial charge in [0.25, 0.3) is 5.91 Å². The summed E-state index contributed by atoms with van der Waals surface area (Å²) in [4.78, 5) is 28.5. The Balaban J connectivity index is 1.64. The van der Waals surface area contributed by atoms with E-state index < -0.39 is 23.8 Å². The summed E-state index contributed by atoms with van der Waals surface area (Å²) in [5, 5.41) is 9.00. The number of hydrogen-bond acceptors (Lipinski definition) is 5. The summed E-state index contributed by atoms with van der Waals surface area (Å²) in [5.74, 6) is -1.22. The predicted octanol–water partition coefficient (Wildman–Crippen LogP) is 2.82. The van der Waals surface area contributed by atoms with Crippen molar-refractivity contribution in [2.45, 2.75) is 12.3 Å². The van der Waals surface area contributed by atoms with Gasteiger partial charge in [0.1, 0.15) is 5.75 Å². The standard InChI is InChI=1S/C18H15F3N2O5/c19-18(20,21)12-3-6-15(22-9-12)28-13-4-1-11(2-5-13)16(24)23-7-8-27-14(10-23)17(25)26/h1-6,9,14H,7-8,10H2,(H,25,26). The first-order chi connectivity index (χ1) is 13.2.